The molecule has 1 heterocycles. The lowest BCUT2D eigenvalue weighted by molar-refractivity contribution is 0.437. The van der Waals surface area contributed by atoms with Crippen molar-refractivity contribution in [3.05, 3.63) is 16.1 Å². The summed E-state index contributed by atoms with van der Waals surface area (Å²) in [7, 11) is 4.04. The number of aromatic nitrogens is 1. The first-order valence-corrected chi connectivity index (χ1v) is 6.39. The molecule has 0 aliphatic heterocycles. The average Bonchev–Trinajstić information content (AvgIpc) is 2.20. The molecule has 0 amide bonds. The van der Waals surface area contributed by atoms with Crippen LogP contribution < -0.4 is 11.3 Å². The van der Waals surface area contributed by atoms with Gasteiger partial charge in [0.15, 0.2) is 5.82 Å². The summed E-state index contributed by atoms with van der Waals surface area (Å²) < 4.78 is 0. The van der Waals surface area contributed by atoms with E-state index in [4.69, 9.17) is 29.0 Å². The smallest absolute Gasteiger partial charge is 0.160 e. The lowest BCUT2D eigenvalue weighted by Gasteiger charge is -2.10. The van der Waals surface area contributed by atoms with Crippen molar-refractivity contribution in [3.63, 3.8) is 0 Å². The van der Waals surface area contributed by atoms with Gasteiger partial charge in [0.2, 0.25) is 0 Å². The number of pyridine rings is 1. The Morgan fingerprint density at radius 3 is 2.69 bits per heavy atom. The Labute approximate surface area is 109 Å². The van der Waals surface area contributed by atoms with Gasteiger partial charge in [-0.2, -0.15) is 0 Å². The number of nitrogen functional groups attached to an aromatic ring is 1. The quantitative estimate of drug-likeness (QED) is 0.493. The normalized spacial score (nSPS) is 10.9. The minimum atomic E-state index is 0.421. The van der Waals surface area contributed by atoms with E-state index in [2.05, 4.69) is 15.3 Å². The third-order valence-corrected chi connectivity index (χ3v) is 3.47. The molecule has 3 N–H and O–H groups in total. The van der Waals surface area contributed by atoms with E-state index in [-0.39, 0.29) is 0 Å². The van der Waals surface area contributed by atoms with Gasteiger partial charge in [0.25, 0.3) is 0 Å². The van der Waals surface area contributed by atoms with E-state index in [1.807, 2.05) is 14.1 Å². The van der Waals surface area contributed by atoms with Gasteiger partial charge in [-0.1, -0.05) is 23.2 Å². The fourth-order valence-corrected chi connectivity index (χ4v) is 2.56. The molecular formula is C9H14Cl2N4S. The fraction of sp³-hybridized carbons (Fsp3) is 0.444. The first-order chi connectivity index (χ1) is 7.54. The number of halogens is 2. The number of hydrogen-bond donors (Lipinski definition) is 2. The van der Waals surface area contributed by atoms with E-state index in [0.29, 0.717) is 15.9 Å². The summed E-state index contributed by atoms with van der Waals surface area (Å²) >= 11 is 13.5. The molecule has 7 heteroatoms. The van der Waals surface area contributed by atoms with Crippen LogP contribution in [0.4, 0.5) is 5.82 Å². The number of nitrogens with one attached hydrogen (secondary N) is 1. The standard InChI is InChI=1S/C9H14Cl2N4S/c1-15(2)3-4-16-9-7(11)5-6(10)8(13-9)14-12/h5H,3-4,12H2,1-2H3,(H,13,14). The monoisotopic (exact) mass is 280 g/mol. The Morgan fingerprint density at radius 1 is 1.44 bits per heavy atom. The molecule has 0 unspecified atom stereocenters. The second-order valence-corrected chi connectivity index (χ2v) is 5.30. The van der Waals surface area contributed by atoms with Crippen molar-refractivity contribution in [1.29, 1.82) is 0 Å². The van der Waals surface area contributed by atoms with E-state index in [1.165, 1.54) is 0 Å². The first kappa shape index (κ1) is 13.9. The van der Waals surface area contributed by atoms with Crippen molar-refractivity contribution in [3.8, 4) is 0 Å². The summed E-state index contributed by atoms with van der Waals surface area (Å²) in [6.45, 7) is 0.955. The van der Waals surface area contributed by atoms with Crippen molar-refractivity contribution in [2.24, 2.45) is 5.84 Å². The van der Waals surface area contributed by atoms with Gasteiger partial charge in [0.05, 0.1) is 10.0 Å². The van der Waals surface area contributed by atoms with Crippen LogP contribution in [0, 0.1) is 0 Å². The van der Waals surface area contributed by atoms with E-state index in [0.717, 1.165) is 17.3 Å². The van der Waals surface area contributed by atoms with Crippen molar-refractivity contribution < 1.29 is 0 Å². The van der Waals surface area contributed by atoms with Gasteiger partial charge in [-0.15, -0.1) is 11.8 Å². The van der Waals surface area contributed by atoms with Gasteiger partial charge in [0, 0.05) is 12.3 Å². The lowest BCUT2D eigenvalue weighted by Crippen LogP contribution is -2.15. The van der Waals surface area contributed by atoms with Crippen molar-refractivity contribution in [2.75, 3.05) is 31.8 Å². The zero-order valence-corrected chi connectivity index (χ0v) is 11.5. The predicted molar refractivity (Wildman–Crippen MR) is 71.3 cm³/mol. The Bertz CT molecular complexity index is 360. The maximum atomic E-state index is 6.02. The summed E-state index contributed by atoms with van der Waals surface area (Å²) in [5.41, 5.74) is 2.44. The second kappa shape index (κ2) is 6.51. The third kappa shape index (κ3) is 3.99. The maximum absolute atomic E-state index is 6.02. The molecule has 0 radical (unpaired) electrons. The van der Waals surface area contributed by atoms with Crippen LogP contribution in [0.25, 0.3) is 0 Å². The number of hydrazine groups is 1. The van der Waals surface area contributed by atoms with E-state index < -0.39 is 0 Å². The summed E-state index contributed by atoms with van der Waals surface area (Å²) in [5, 5.41) is 1.71. The number of hydrogen-bond acceptors (Lipinski definition) is 5. The Kier molecular flexibility index (Phi) is 5.64. The minimum absolute atomic E-state index is 0.421. The molecule has 0 saturated carbocycles. The zero-order chi connectivity index (χ0) is 12.1. The second-order valence-electron chi connectivity index (χ2n) is 3.40. The molecule has 0 spiro atoms. The highest BCUT2D eigenvalue weighted by Gasteiger charge is 2.09. The van der Waals surface area contributed by atoms with Crippen LogP contribution in [-0.2, 0) is 0 Å². The highest BCUT2D eigenvalue weighted by Crippen LogP contribution is 2.31. The zero-order valence-electron chi connectivity index (χ0n) is 9.13. The highest BCUT2D eigenvalue weighted by molar-refractivity contribution is 7.99. The first-order valence-electron chi connectivity index (χ1n) is 4.64. The van der Waals surface area contributed by atoms with Crippen LogP contribution >= 0.6 is 35.0 Å². The number of nitrogens with zero attached hydrogens (tertiary/aromatic N) is 2. The van der Waals surface area contributed by atoms with Crippen LogP contribution in [0.1, 0.15) is 0 Å². The Balaban J connectivity index is 2.72. The van der Waals surface area contributed by atoms with E-state index >= 15 is 0 Å². The summed E-state index contributed by atoms with van der Waals surface area (Å²) in [6, 6.07) is 1.64. The Hall–Kier alpha value is -0.200. The van der Waals surface area contributed by atoms with E-state index in [9.17, 15) is 0 Å². The molecule has 0 bridgehead atoms. The summed E-state index contributed by atoms with van der Waals surface area (Å²) in [6.07, 6.45) is 0. The number of nitrogens with two attached hydrogens (primary N) is 1. The van der Waals surface area contributed by atoms with Gasteiger partial charge < -0.3 is 10.3 Å². The van der Waals surface area contributed by atoms with Crippen molar-refractivity contribution in [1.82, 2.24) is 9.88 Å². The molecule has 0 fully saturated rings. The molecule has 1 aromatic heterocycles. The predicted octanol–water partition coefficient (Wildman–Crippen LogP) is 2.33. The fourth-order valence-electron chi connectivity index (χ4n) is 0.977. The van der Waals surface area contributed by atoms with E-state index in [1.54, 1.807) is 17.8 Å². The van der Waals surface area contributed by atoms with Gasteiger partial charge in [-0.05, 0) is 20.2 Å². The number of anilines is 1. The average molecular weight is 281 g/mol. The number of rotatable bonds is 5. The molecule has 0 aromatic carbocycles. The molecule has 1 rings (SSSR count). The minimum Gasteiger partial charge on any atom is -0.309 e. The van der Waals surface area contributed by atoms with Crippen LogP contribution in [0.15, 0.2) is 11.1 Å². The molecule has 16 heavy (non-hydrogen) atoms. The molecular weight excluding hydrogens is 267 g/mol. The highest BCUT2D eigenvalue weighted by atomic mass is 35.5. The topological polar surface area (TPSA) is 54.2 Å². The molecule has 0 atom stereocenters. The van der Waals surface area contributed by atoms with Gasteiger partial charge in [0.1, 0.15) is 5.03 Å². The van der Waals surface area contributed by atoms with Crippen LogP contribution in [0.3, 0.4) is 0 Å². The van der Waals surface area contributed by atoms with Crippen LogP contribution in [0.5, 0.6) is 0 Å². The van der Waals surface area contributed by atoms with Crippen LogP contribution in [-0.4, -0.2) is 36.3 Å². The molecule has 0 aliphatic carbocycles. The SMILES string of the molecule is CN(C)CCSc1nc(NN)c(Cl)cc1Cl. The largest absolute Gasteiger partial charge is 0.309 e. The molecule has 1 aromatic rings. The van der Waals surface area contributed by atoms with Crippen molar-refractivity contribution in [2.45, 2.75) is 5.03 Å². The van der Waals surface area contributed by atoms with Gasteiger partial charge >= 0.3 is 0 Å². The lowest BCUT2D eigenvalue weighted by atomic mass is 10.4. The van der Waals surface area contributed by atoms with Crippen LogP contribution in [0.2, 0.25) is 10.0 Å². The van der Waals surface area contributed by atoms with Gasteiger partial charge in [-0.3, -0.25) is 0 Å². The molecule has 0 aliphatic rings. The molecule has 4 nitrogen and oxygen atoms in total. The maximum Gasteiger partial charge on any atom is 0.160 e. The summed E-state index contributed by atoms with van der Waals surface area (Å²) in [5.74, 6) is 6.64. The molecule has 90 valence electrons. The summed E-state index contributed by atoms with van der Waals surface area (Å²) in [4.78, 5) is 6.33. The van der Waals surface area contributed by atoms with Crippen molar-refractivity contribution >= 4 is 40.8 Å². The Morgan fingerprint density at radius 2 is 2.12 bits per heavy atom. The molecule has 0 saturated heterocycles. The van der Waals surface area contributed by atoms with Gasteiger partial charge in [-0.25, -0.2) is 10.8 Å². The third-order valence-electron chi connectivity index (χ3n) is 1.81. The number of thioether (sulfide) groups is 1.